The lowest BCUT2D eigenvalue weighted by atomic mass is 10.0. The Kier molecular flexibility index (Phi) is 11.5. The molecule has 1 fully saturated rings. The fourth-order valence-corrected chi connectivity index (χ4v) is 3.35. The van der Waals surface area contributed by atoms with Crippen LogP contribution in [0.1, 0.15) is 19.4 Å². The molecule has 1 saturated heterocycles. The monoisotopic (exact) mass is 494 g/mol. The van der Waals surface area contributed by atoms with Crippen LogP contribution in [0.2, 0.25) is 5.02 Å². The van der Waals surface area contributed by atoms with Gasteiger partial charge in [-0.05, 0) is 30.0 Å². The third-order valence-electron chi connectivity index (χ3n) is 4.58. The molecular weight excluding hydrogens is 463 g/mol. The van der Waals surface area contributed by atoms with E-state index in [1.165, 1.54) is 5.56 Å². The van der Waals surface area contributed by atoms with Crippen molar-refractivity contribution < 1.29 is 4.74 Å². The average Bonchev–Trinajstić information content (AvgIpc) is 2.61. The van der Waals surface area contributed by atoms with E-state index >= 15 is 0 Å². The molecule has 0 amide bonds. The number of nitrogens with one attached hydrogen (secondary N) is 2. The molecule has 1 aromatic carbocycles. The zero-order valence-electron chi connectivity index (χ0n) is 16.0. The van der Waals surface area contributed by atoms with Crippen LogP contribution in [0.4, 0.5) is 0 Å². The first-order valence-corrected chi connectivity index (χ1v) is 9.48. The minimum absolute atomic E-state index is 0. The second kappa shape index (κ2) is 12.8. The molecule has 1 heterocycles. The molecule has 0 radical (unpaired) electrons. The van der Waals surface area contributed by atoms with Gasteiger partial charge in [-0.2, -0.15) is 0 Å². The lowest BCUT2D eigenvalue weighted by molar-refractivity contribution is 0.00752. The normalized spacial score (nSPS) is 16.9. The molecule has 7 heteroatoms. The van der Waals surface area contributed by atoms with Crippen molar-refractivity contribution in [2.45, 2.75) is 26.3 Å². The highest BCUT2D eigenvalue weighted by Gasteiger charge is 2.23. The average molecular weight is 495 g/mol. The van der Waals surface area contributed by atoms with Gasteiger partial charge in [-0.15, -0.1) is 24.0 Å². The number of nitrogens with zero attached hydrogens (tertiary/aromatic N) is 2. The maximum absolute atomic E-state index is 6.03. The van der Waals surface area contributed by atoms with Crippen molar-refractivity contribution in [3.63, 3.8) is 0 Å². The summed E-state index contributed by atoms with van der Waals surface area (Å²) in [5.41, 5.74) is 1.23. The Morgan fingerprint density at radius 1 is 1.27 bits per heavy atom. The third kappa shape index (κ3) is 7.98. The van der Waals surface area contributed by atoms with E-state index in [1.54, 1.807) is 0 Å². The van der Waals surface area contributed by atoms with Crippen molar-refractivity contribution in [3.05, 3.63) is 34.9 Å². The summed E-state index contributed by atoms with van der Waals surface area (Å²) >= 11 is 6.03. The molecule has 0 spiro atoms. The van der Waals surface area contributed by atoms with Gasteiger partial charge in [0.15, 0.2) is 5.96 Å². The molecule has 0 bridgehead atoms. The molecule has 1 aliphatic heterocycles. The van der Waals surface area contributed by atoms with Crippen LogP contribution in [0.5, 0.6) is 0 Å². The topological polar surface area (TPSA) is 48.9 Å². The molecule has 0 saturated carbocycles. The molecule has 0 aliphatic carbocycles. The van der Waals surface area contributed by atoms with Crippen molar-refractivity contribution in [2.24, 2.45) is 10.9 Å². The summed E-state index contributed by atoms with van der Waals surface area (Å²) in [6, 6.07) is 8.47. The van der Waals surface area contributed by atoms with Crippen LogP contribution in [0.25, 0.3) is 0 Å². The second-order valence-electron chi connectivity index (χ2n) is 6.72. The van der Waals surface area contributed by atoms with Gasteiger partial charge in [-0.3, -0.25) is 9.89 Å². The highest BCUT2D eigenvalue weighted by Crippen LogP contribution is 2.12. The largest absolute Gasteiger partial charge is 0.379 e. The highest BCUT2D eigenvalue weighted by atomic mass is 127. The summed E-state index contributed by atoms with van der Waals surface area (Å²) in [6.45, 7) is 9.93. The lowest BCUT2D eigenvalue weighted by Gasteiger charge is -2.37. The summed E-state index contributed by atoms with van der Waals surface area (Å²) in [5.74, 6) is 1.43. The molecular formula is C19H32ClIN4O. The molecule has 26 heavy (non-hydrogen) atoms. The van der Waals surface area contributed by atoms with Gasteiger partial charge in [-0.25, -0.2) is 0 Å². The van der Waals surface area contributed by atoms with E-state index in [4.69, 9.17) is 16.3 Å². The Hall–Kier alpha value is -0.570. The summed E-state index contributed by atoms with van der Waals surface area (Å²) in [7, 11) is 1.81. The minimum atomic E-state index is 0. The molecule has 148 valence electrons. The van der Waals surface area contributed by atoms with Gasteiger partial charge in [0.1, 0.15) is 0 Å². The van der Waals surface area contributed by atoms with Crippen LogP contribution in [0.3, 0.4) is 0 Å². The van der Waals surface area contributed by atoms with Crippen molar-refractivity contribution in [1.82, 2.24) is 15.5 Å². The number of ether oxygens (including phenoxy) is 1. The molecule has 1 atom stereocenters. The van der Waals surface area contributed by atoms with E-state index in [9.17, 15) is 0 Å². The quantitative estimate of drug-likeness (QED) is 0.348. The Morgan fingerprint density at radius 2 is 2.00 bits per heavy atom. The van der Waals surface area contributed by atoms with E-state index in [0.29, 0.717) is 12.0 Å². The maximum atomic E-state index is 6.03. The molecule has 2 N–H and O–H groups in total. The minimum Gasteiger partial charge on any atom is -0.379 e. The van der Waals surface area contributed by atoms with Gasteiger partial charge < -0.3 is 15.4 Å². The van der Waals surface area contributed by atoms with Crippen LogP contribution >= 0.6 is 35.6 Å². The number of rotatable bonds is 7. The van der Waals surface area contributed by atoms with Crippen LogP contribution in [-0.4, -0.2) is 63.3 Å². The summed E-state index contributed by atoms with van der Waals surface area (Å²) in [4.78, 5) is 6.85. The second-order valence-corrected chi connectivity index (χ2v) is 7.16. The van der Waals surface area contributed by atoms with Gasteiger partial charge >= 0.3 is 0 Å². The summed E-state index contributed by atoms with van der Waals surface area (Å²) in [5, 5.41) is 7.65. The number of hydrogen-bond donors (Lipinski definition) is 2. The number of halogens is 2. The molecule has 2 rings (SSSR count). The van der Waals surface area contributed by atoms with E-state index in [-0.39, 0.29) is 24.0 Å². The third-order valence-corrected chi connectivity index (χ3v) is 4.82. The van der Waals surface area contributed by atoms with Crippen molar-refractivity contribution >= 4 is 41.5 Å². The SMILES string of the molecule is CN=C(NCCc1cccc(Cl)c1)NCC(C(C)C)N1CCOCC1.I. The fraction of sp³-hybridized carbons (Fsp3) is 0.632. The van der Waals surface area contributed by atoms with Crippen LogP contribution in [-0.2, 0) is 11.2 Å². The zero-order chi connectivity index (χ0) is 18.1. The smallest absolute Gasteiger partial charge is 0.191 e. The molecule has 1 unspecified atom stereocenters. The number of aliphatic imine (C=N–C) groups is 1. The molecule has 1 aromatic rings. The molecule has 0 aromatic heterocycles. The highest BCUT2D eigenvalue weighted by molar-refractivity contribution is 14.0. The fourth-order valence-electron chi connectivity index (χ4n) is 3.14. The van der Waals surface area contributed by atoms with E-state index in [2.05, 4.69) is 40.4 Å². The number of guanidine groups is 1. The first-order chi connectivity index (χ1) is 12.1. The standard InChI is InChI=1S/C19H31ClN4O.HI/c1-15(2)18(24-9-11-25-12-10-24)14-23-19(21-3)22-8-7-16-5-4-6-17(20)13-16;/h4-6,13,15,18H,7-12,14H2,1-3H3,(H2,21,22,23);1H. The predicted molar refractivity (Wildman–Crippen MR) is 121 cm³/mol. The van der Waals surface area contributed by atoms with E-state index < -0.39 is 0 Å². The van der Waals surface area contributed by atoms with Crippen molar-refractivity contribution in [3.8, 4) is 0 Å². The van der Waals surface area contributed by atoms with E-state index in [1.807, 2.05) is 25.2 Å². The van der Waals surface area contributed by atoms with Crippen LogP contribution < -0.4 is 10.6 Å². The molecule has 5 nitrogen and oxygen atoms in total. The Bertz CT molecular complexity index is 550. The van der Waals surface area contributed by atoms with Crippen LogP contribution in [0.15, 0.2) is 29.3 Å². The Balaban J connectivity index is 0.00000338. The van der Waals surface area contributed by atoms with Crippen molar-refractivity contribution in [1.29, 1.82) is 0 Å². The number of benzene rings is 1. The zero-order valence-corrected chi connectivity index (χ0v) is 19.1. The number of morpholine rings is 1. The Labute approximate surface area is 179 Å². The van der Waals surface area contributed by atoms with Gasteiger partial charge in [0.2, 0.25) is 0 Å². The number of hydrogen-bond acceptors (Lipinski definition) is 3. The van der Waals surface area contributed by atoms with Crippen molar-refractivity contribution in [2.75, 3.05) is 46.4 Å². The van der Waals surface area contributed by atoms with Crippen LogP contribution in [0, 0.1) is 5.92 Å². The molecule has 1 aliphatic rings. The first-order valence-electron chi connectivity index (χ1n) is 9.11. The van der Waals surface area contributed by atoms with Gasteiger partial charge in [0.25, 0.3) is 0 Å². The maximum Gasteiger partial charge on any atom is 0.191 e. The first kappa shape index (κ1) is 23.5. The predicted octanol–water partition coefficient (Wildman–Crippen LogP) is 3.02. The Morgan fingerprint density at radius 3 is 2.62 bits per heavy atom. The summed E-state index contributed by atoms with van der Waals surface area (Å²) in [6.07, 6.45) is 0.915. The summed E-state index contributed by atoms with van der Waals surface area (Å²) < 4.78 is 5.47. The van der Waals surface area contributed by atoms with Gasteiger partial charge in [0, 0.05) is 44.3 Å². The van der Waals surface area contributed by atoms with E-state index in [0.717, 1.165) is 56.8 Å². The lowest BCUT2D eigenvalue weighted by Crippen LogP contribution is -2.52. The van der Waals surface area contributed by atoms with Gasteiger partial charge in [0.05, 0.1) is 13.2 Å². The van der Waals surface area contributed by atoms with Gasteiger partial charge in [-0.1, -0.05) is 37.6 Å².